The standard InChI is InChI=1S/C14H19ClN4O2/c1-4-16-7-10-5-11(15)6-13(20-3)14(10)21-9-12-8-19(2)18-17-12/h5-6,8,16H,4,7,9H2,1-3H3. The van der Waals surface area contributed by atoms with Crippen molar-refractivity contribution >= 4 is 11.6 Å². The van der Waals surface area contributed by atoms with E-state index in [-0.39, 0.29) is 0 Å². The number of nitrogens with zero attached hydrogens (tertiary/aromatic N) is 3. The predicted octanol–water partition coefficient (Wildman–Crippen LogP) is 2.17. The van der Waals surface area contributed by atoms with Gasteiger partial charge in [-0.25, -0.2) is 0 Å². The largest absolute Gasteiger partial charge is 0.493 e. The van der Waals surface area contributed by atoms with Gasteiger partial charge in [-0.2, -0.15) is 0 Å². The van der Waals surface area contributed by atoms with Crippen LogP contribution in [0.1, 0.15) is 18.2 Å². The predicted molar refractivity (Wildman–Crippen MR) is 80.7 cm³/mol. The van der Waals surface area contributed by atoms with Gasteiger partial charge in [-0.3, -0.25) is 4.68 Å². The van der Waals surface area contributed by atoms with Gasteiger partial charge in [-0.05, 0) is 12.6 Å². The Hall–Kier alpha value is -1.79. The van der Waals surface area contributed by atoms with Crippen LogP contribution >= 0.6 is 11.6 Å². The highest BCUT2D eigenvalue weighted by molar-refractivity contribution is 6.30. The molecule has 0 fully saturated rings. The Labute approximate surface area is 129 Å². The molecule has 0 aliphatic rings. The van der Waals surface area contributed by atoms with E-state index in [9.17, 15) is 0 Å². The highest BCUT2D eigenvalue weighted by Crippen LogP contribution is 2.35. The monoisotopic (exact) mass is 310 g/mol. The smallest absolute Gasteiger partial charge is 0.166 e. The number of hydrogen-bond acceptors (Lipinski definition) is 5. The van der Waals surface area contributed by atoms with E-state index in [0.29, 0.717) is 29.7 Å². The van der Waals surface area contributed by atoms with Crippen LogP contribution in [0, 0.1) is 0 Å². The van der Waals surface area contributed by atoms with Crippen LogP contribution in [0.25, 0.3) is 0 Å². The van der Waals surface area contributed by atoms with E-state index in [2.05, 4.69) is 15.6 Å². The van der Waals surface area contributed by atoms with Crippen molar-refractivity contribution < 1.29 is 9.47 Å². The van der Waals surface area contributed by atoms with E-state index in [0.717, 1.165) is 17.8 Å². The zero-order chi connectivity index (χ0) is 15.2. The van der Waals surface area contributed by atoms with Gasteiger partial charge in [-0.1, -0.05) is 23.7 Å². The summed E-state index contributed by atoms with van der Waals surface area (Å²) in [6.45, 7) is 3.88. The molecule has 0 atom stereocenters. The summed E-state index contributed by atoms with van der Waals surface area (Å²) in [5.74, 6) is 1.28. The normalized spacial score (nSPS) is 10.7. The van der Waals surface area contributed by atoms with Crippen molar-refractivity contribution in [2.45, 2.75) is 20.1 Å². The number of halogens is 1. The van der Waals surface area contributed by atoms with Crippen LogP contribution in [-0.2, 0) is 20.2 Å². The second kappa shape index (κ2) is 7.28. The van der Waals surface area contributed by atoms with E-state index in [4.69, 9.17) is 21.1 Å². The SMILES string of the molecule is CCNCc1cc(Cl)cc(OC)c1OCc1cn(C)nn1. The molecule has 7 heteroatoms. The van der Waals surface area contributed by atoms with Crippen LogP contribution in [0.5, 0.6) is 11.5 Å². The van der Waals surface area contributed by atoms with Crippen LogP contribution in [0.3, 0.4) is 0 Å². The molecule has 0 unspecified atom stereocenters. The molecule has 0 saturated carbocycles. The Morgan fingerprint density at radius 2 is 2.19 bits per heavy atom. The maximum atomic E-state index is 6.11. The summed E-state index contributed by atoms with van der Waals surface area (Å²) < 4.78 is 12.9. The average molecular weight is 311 g/mol. The van der Waals surface area contributed by atoms with Crippen molar-refractivity contribution in [1.82, 2.24) is 20.3 Å². The first kappa shape index (κ1) is 15.6. The summed E-state index contributed by atoms with van der Waals surface area (Å²) in [6, 6.07) is 3.61. The molecule has 1 aromatic carbocycles. The summed E-state index contributed by atoms with van der Waals surface area (Å²) >= 11 is 6.11. The van der Waals surface area contributed by atoms with Crippen molar-refractivity contribution in [3.63, 3.8) is 0 Å². The van der Waals surface area contributed by atoms with Gasteiger partial charge in [0.2, 0.25) is 0 Å². The molecule has 21 heavy (non-hydrogen) atoms. The van der Waals surface area contributed by atoms with Crippen LogP contribution in [-0.4, -0.2) is 28.6 Å². The van der Waals surface area contributed by atoms with E-state index in [1.807, 2.05) is 26.2 Å². The Bertz CT molecular complexity index is 601. The Morgan fingerprint density at radius 3 is 2.81 bits per heavy atom. The van der Waals surface area contributed by atoms with Crippen molar-refractivity contribution in [1.29, 1.82) is 0 Å². The lowest BCUT2D eigenvalue weighted by Crippen LogP contribution is -2.13. The first-order chi connectivity index (χ1) is 10.1. The summed E-state index contributed by atoms with van der Waals surface area (Å²) in [4.78, 5) is 0. The van der Waals surface area contributed by atoms with Crippen molar-refractivity contribution in [2.75, 3.05) is 13.7 Å². The summed E-state index contributed by atoms with van der Waals surface area (Å²) in [7, 11) is 3.41. The quantitative estimate of drug-likeness (QED) is 0.849. The molecule has 1 aromatic heterocycles. The fourth-order valence-electron chi connectivity index (χ4n) is 1.94. The Balaban J connectivity index is 2.21. The summed E-state index contributed by atoms with van der Waals surface area (Å²) in [6.07, 6.45) is 1.81. The number of aromatic nitrogens is 3. The molecule has 0 saturated heterocycles. The van der Waals surface area contributed by atoms with Crippen LogP contribution in [0.15, 0.2) is 18.3 Å². The molecule has 1 N–H and O–H groups in total. The maximum absolute atomic E-state index is 6.11. The third-order valence-corrected chi connectivity index (χ3v) is 3.11. The van der Waals surface area contributed by atoms with Crippen molar-refractivity contribution in [2.24, 2.45) is 7.05 Å². The molecule has 1 heterocycles. The van der Waals surface area contributed by atoms with E-state index < -0.39 is 0 Å². The van der Waals surface area contributed by atoms with E-state index in [1.165, 1.54) is 0 Å². The first-order valence-corrected chi connectivity index (χ1v) is 7.07. The van der Waals surface area contributed by atoms with Crippen LogP contribution < -0.4 is 14.8 Å². The summed E-state index contributed by atoms with van der Waals surface area (Å²) in [5, 5.41) is 11.8. The van der Waals surface area contributed by atoms with Gasteiger partial charge in [0.05, 0.1) is 13.3 Å². The molecule has 2 rings (SSSR count). The highest BCUT2D eigenvalue weighted by atomic mass is 35.5. The van der Waals surface area contributed by atoms with Crippen LogP contribution in [0.2, 0.25) is 5.02 Å². The van der Waals surface area contributed by atoms with Gasteiger partial charge < -0.3 is 14.8 Å². The molecule has 0 spiro atoms. The number of methoxy groups -OCH3 is 1. The van der Waals surface area contributed by atoms with Gasteiger partial charge in [0.1, 0.15) is 12.3 Å². The number of rotatable bonds is 7. The van der Waals surface area contributed by atoms with Crippen molar-refractivity contribution in [3.8, 4) is 11.5 Å². The molecule has 114 valence electrons. The zero-order valence-electron chi connectivity index (χ0n) is 12.4. The number of benzene rings is 1. The molecule has 0 aliphatic heterocycles. The lowest BCUT2D eigenvalue weighted by molar-refractivity contribution is 0.277. The molecular formula is C14H19ClN4O2. The Kier molecular flexibility index (Phi) is 5.41. The molecule has 6 nitrogen and oxygen atoms in total. The maximum Gasteiger partial charge on any atom is 0.166 e. The third kappa shape index (κ3) is 4.09. The lowest BCUT2D eigenvalue weighted by Gasteiger charge is -2.15. The molecular weight excluding hydrogens is 292 g/mol. The topological polar surface area (TPSA) is 61.2 Å². The van der Waals surface area contributed by atoms with Crippen molar-refractivity contribution in [3.05, 3.63) is 34.6 Å². The lowest BCUT2D eigenvalue weighted by atomic mass is 10.2. The molecule has 0 aliphatic carbocycles. The summed E-state index contributed by atoms with van der Waals surface area (Å²) in [5.41, 5.74) is 1.70. The first-order valence-electron chi connectivity index (χ1n) is 6.69. The van der Waals surface area contributed by atoms with Gasteiger partial charge in [0.15, 0.2) is 11.5 Å². The Morgan fingerprint density at radius 1 is 1.38 bits per heavy atom. The number of nitrogens with one attached hydrogen (secondary N) is 1. The molecule has 0 bridgehead atoms. The van der Waals surface area contributed by atoms with Crippen LogP contribution in [0.4, 0.5) is 0 Å². The second-order valence-electron chi connectivity index (χ2n) is 4.55. The van der Waals surface area contributed by atoms with E-state index >= 15 is 0 Å². The highest BCUT2D eigenvalue weighted by Gasteiger charge is 2.13. The van der Waals surface area contributed by atoms with Gasteiger partial charge >= 0.3 is 0 Å². The van der Waals surface area contributed by atoms with Gasteiger partial charge in [0, 0.05) is 30.2 Å². The minimum atomic E-state index is 0.324. The molecule has 0 amide bonds. The fourth-order valence-corrected chi connectivity index (χ4v) is 2.17. The number of hydrogen-bond donors (Lipinski definition) is 1. The minimum Gasteiger partial charge on any atom is -0.493 e. The van der Waals surface area contributed by atoms with E-state index in [1.54, 1.807) is 17.9 Å². The average Bonchev–Trinajstić information content (AvgIpc) is 2.88. The number of ether oxygens (including phenoxy) is 2. The second-order valence-corrected chi connectivity index (χ2v) is 4.99. The number of aryl methyl sites for hydroxylation is 1. The fraction of sp³-hybridized carbons (Fsp3) is 0.429. The zero-order valence-corrected chi connectivity index (χ0v) is 13.1. The molecule has 0 radical (unpaired) electrons. The van der Waals surface area contributed by atoms with Gasteiger partial charge in [-0.15, -0.1) is 5.10 Å². The molecule has 2 aromatic rings. The minimum absolute atomic E-state index is 0.324. The third-order valence-electron chi connectivity index (χ3n) is 2.90. The van der Waals surface area contributed by atoms with Gasteiger partial charge in [0.25, 0.3) is 0 Å².